The number of rotatable bonds is 5. The highest BCUT2D eigenvalue weighted by Gasteiger charge is 2.20. The molecule has 0 bridgehead atoms. The molecule has 0 aliphatic carbocycles. The monoisotopic (exact) mass is 435 g/mol. The van der Waals surface area contributed by atoms with Crippen LogP contribution >= 0.6 is 0 Å². The largest absolute Gasteiger partial charge is 0.369 e. The zero-order valence-corrected chi connectivity index (χ0v) is 18.8. The molecule has 0 radical (unpaired) electrons. The third-order valence-corrected chi connectivity index (χ3v) is 5.81. The first-order valence-corrected chi connectivity index (χ1v) is 10.8. The van der Waals surface area contributed by atoms with Crippen LogP contribution in [0.25, 0.3) is 11.0 Å². The van der Waals surface area contributed by atoms with Crippen LogP contribution in [0.5, 0.6) is 0 Å². The molecule has 3 heterocycles. The number of hydrazine groups is 1. The van der Waals surface area contributed by atoms with E-state index in [4.69, 9.17) is 0 Å². The van der Waals surface area contributed by atoms with E-state index in [0.717, 1.165) is 31.9 Å². The van der Waals surface area contributed by atoms with Crippen LogP contribution in [0.1, 0.15) is 28.2 Å². The summed E-state index contributed by atoms with van der Waals surface area (Å²) in [5, 5.41) is 5.05. The van der Waals surface area contributed by atoms with Crippen molar-refractivity contribution >= 4 is 28.5 Å². The lowest BCUT2D eigenvalue weighted by Gasteiger charge is -2.36. The normalized spacial score (nSPS) is 14.5. The summed E-state index contributed by atoms with van der Waals surface area (Å²) in [7, 11) is 1.80. The van der Waals surface area contributed by atoms with Gasteiger partial charge in [-0.1, -0.05) is 18.2 Å². The molecular weight excluding hydrogens is 406 g/mol. The van der Waals surface area contributed by atoms with Crippen LogP contribution in [-0.2, 0) is 11.8 Å². The maximum atomic E-state index is 12.7. The SMILES string of the molecule is Cc1cc(C(=O)NNC(=O)CCN2CCN(c3ccccc3)CC2)c2c(C)nn(C)c2n1. The molecule has 0 atom stereocenters. The van der Waals surface area contributed by atoms with E-state index in [-0.39, 0.29) is 11.8 Å². The molecule has 0 unspecified atom stereocenters. The molecule has 1 fully saturated rings. The number of carbonyl (C=O) groups excluding carboxylic acids is 2. The first-order valence-electron chi connectivity index (χ1n) is 10.8. The van der Waals surface area contributed by atoms with Crippen molar-refractivity contribution in [3.8, 4) is 0 Å². The molecule has 32 heavy (non-hydrogen) atoms. The second kappa shape index (κ2) is 9.35. The lowest BCUT2D eigenvalue weighted by atomic mass is 10.1. The average molecular weight is 436 g/mol. The molecule has 0 saturated carbocycles. The van der Waals surface area contributed by atoms with Crippen molar-refractivity contribution in [2.24, 2.45) is 7.05 Å². The number of amides is 2. The molecule has 2 amide bonds. The molecule has 1 aromatic carbocycles. The first kappa shape index (κ1) is 21.8. The Balaban J connectivity index is 1.26. The fraction of sp³-hybridized carbons (Fsp3) is 0.391. The van der Waals surface area contributed by atoms with Crippen molar-refractivity contribution in [3.05, 3.63) is 53.3 Å². The summed E-state index contributed by atoms with van der Waals surface area (Å²) in [5.41, 5.74) is 8.86. The Labute approximate surface area is 187 Å². The molecule has 9 heteroatoms. The third kappa shape index (κ3) is 4.72. The maximum Gasteiger partial charge on any atom is 0.270 e. The minimum absolute atomic E-state index is 0.214. The third-order valence-electron chi connectivity index (χ3n) is 5.81. The van der Waals surface area contributed by atoms with Crippen molar-refractivity contribution in [2.75, 3.05) is 37.6 Å². The van der Waals surface area contributed by atoms with Crippen molar-refractivity contribution in [1.29, 1.82) is 0 Å². The van der Waals surface area contributed by atoms with Crippen LogP contribution in [0.4, 0.5) is 5.69 Å². The van der Waals surface area contributed by atoms with Gasteiger partial charge in [-0.05, 0) is 32.0 Å². The topological polar surface area (TPSA) is 95.4 Å². The van der Waals surface area contributed by atoms with Crippen LogP contribution in [0.15, 0.2) is 36.4 Å². The van der Waals surface area contributed by atoms with E-state index in [1.54, 1.807) is 17.8 Å². The summed E-state index contributed by atoms with van der Waals surface area (Å²) in [6, 6.07) is 12.1. The molecule has 4 rings (SSSR count). The molecule has 9 nitrogen and oxygen atoms in total. The summed E-state index contributed by atoms with van der Waals surface area (Å²) < 4.78 is 1.66. The molecule has 168 valence electrons. The van der Waals surface area contributed by atoms with Crippen LogP contribution in [-0.4, -0.2) is 64.2 Å². The van der Waals surface area contributed by atoms with Crippen molar-refractivity contribution in [3.63, 3.8) is 0 Å². The minimum atomic E-state index is -0.374. The van der Waals surface area contributed by atoms with Gasteiger partial charge in [0.2, 0.25) is 5.91 Å². The lowest BCUT2D eigenvalue weighted by molar-refractivity contribution is -0.122. The van der Waals surface area contributed by atoms with Gasteiger partial charge in [0.25, 0.3) is 5.91 Å². The van der Waals surface area contributed by atoms with E-state index in [1.807, 2.05) is 32.0 Å². The van der Waals surface area contributed by atoms with E-state index in [1.165, 1.54) is 5.69 Å². The first-order chi connectivity index (χ1) is 15.4. The van der Waals surface area contributed by atoms with Crippen LogP contribution in [0.3, 0.4) is 0 Å². The zero-order valence-electron chi connectivity index (χ0n) is 18.8. The number of aromatic nitrogens is 3. The van der Waals surface area contributed by atoms with Gasteiger partial charge in [0.05, 0.1) is 16.6 Å². The highest BCUT2D eigenvalue weighted by Crippen LogP contribution is 2.21. The van der Waals surface area contributed by atoms with E-state index in [2.05, 4.69) is 42.9 Å². The fourth-order valence-electron chi connectivity index (χ4n) is 4.13. The van der Waals surface area contributed by atoms with Crippen LogP contribution in [0, 0.1) is 13.8 Å². The van der Waals surface area contributed by atoms with Gasteiger partial charge in [0, 0.05) is 57.6 Å². The summed E-state index contributed by atoms with van der Waals surface area (Å²) in [5.74, 6) is -0.588. The fourth-order valence-corrected chi connectivity index (χ4v) is 4.13. The predicted molar refractivity (Wildman–Crippen MR) is 123 cm³/mol. The quantitative estimate of drug-likeness (QED) is 0.591. The average Bonchev–Trinajstić information content (AvgIpc) is 3.09. The number of anilines is 1. The minimum Gasteiger partial charge on any atom is -0.369 e. The summed E-state index contributed by atoms with van der Waals surface area (Å²) >= 11 is 0. The molecule has 1 saturated heterocycles. The number of fused-ring (bicyclic) bond motifs is 1. The standard InChI is InChI=1S/C23H29N7O2/c1-16-15-19(21-17(2)27-28(3)22(21)24-16)23(32)26-25-20(31)9-10-29-11-13-30(14-12-29)18-7-5-4-6-8-18/h4-8,15H,9-14H2,1-3H3,(H,25,31)(H,26,32). The highest BCUT2D eigenvalue weighted by molar-refractivity contribution is 6.06. The Kier molecular flexibility index (Phi) is 6.36. The summed E-state index contributed by atoms with van der Waals surface area (Å²) in [6.45, 7) is 8.01. The Hall–Kier alpha value is -3.46. The molecule has 1 aliphatic rings. The van der Waals surface area contributed by atoms with Gasteiger partial charge < -0.3 is 4.90 Å². The van der Waals surface area contributed by atoms with E-state index < -0.39 is 0 Å². The number of aryl methyl sites for hydroxylation is 3. The number of benzene rings is 1. The number of pyridine rings is 1. The number of hydrogen-bond donors (Lipinski definition) is 2. The molecule has 1 aliphatic heterocycles. The Morgan fingerprint density at radius 3 is 2.47 bits per heavy atom. The second-order valence-corrected chi connectivity index (χ2v) is 8.14. The number of carbonyl (C=O) groups is 2. The molecular formula is C23H29N7O2. The van der Waals surface area contributed by atoms with Gasteiger partial charge in [-0.15, -0.1) is 0 Å². The number of hydrogen-bond acceptors (Lipinski definition) is 6. The molecule has 3 aromatic rings. The van der Waals surface area contributed by atoms with Crippen molar-refractivity contribution in [1.82, 2.24) is 30.5 Å². The number of para-hydroxylation sites is 1. The Bertz CT molecular complexity index is 1120. The molecule has 2 N–H and O–H groups in total. The Morgan fingerprint density at radius 1 is 1.03 bits per heavy atom. The lowest BCUT2D eigenvalue weighted by Crippen LogP contribution is -2.48. The van der Waals surface area contributed by atoms with E-state index in [0.29, 0.717) is 35.3 Å². The zero-order chi connectivity index (χ0) is 22.7. The van der Waals surface area contributed by atoms with Gasteiger partial charge in [-0.3, -0.25) is 30.0 Å². The predicted octanol–water partition coefficient (Wildman–Crippen LogP) is 1.56. The van der Waals surface area contributed by atoms with Crippen molar-refractivity contribution < 1.29 is 9.59 Å². The van der Waals surface area contributed by atoms with Gasteiger partial charge in [0.1, 0.15) is 0 Å². The van der Waals surface area contributed by atoms with Crippen molar-refractivity contribution in [2.45, 2.75) is 20.3 Å². The van der Waals surface area contributed by atoms with Gasteiger partial charge in [-0.25, -0.2) is 4.98 Å². The number of nitrogens with one attached hydrogen (secondary N) is 2. The van der Waals surface area contributed by atoms with Crippen LogP contribution < -0.4 is 15.8 Å². The number of nitrogens with zero attached hydrogens (tertiary/aromatic N) is 5. The van der Waals surface area contributed by atoms with Gasteiger partial charge >= 0.3 is 0 Å². The smallest absolute Gasteiger partial charge is 0.270 e. The van der Waals surface area contributed by atoms with Gasteiger partial charge in [-0.2, -0.15) is 5.10 Å². The number of piperazine rings is 1. The maximum absolute atomic E-state index is 12.7. The van der Waals surface area contributed by atoms with Gasteiger partial charge in [0.15, 0.2) is 5.65 Å². The molecule has 0 spiro atoms. The molecule has 2 aromatic heterocycles. The Morgan fingerprint density at radius 2 is 1.75 bits per heavy atom. The van der Waals surface area contributed by atoms with Crippen LogP contribution in [0.2, 0.25) is 0 Å². The van der Waals surface area contributed by atoms with E-state index in [9.17, 15) is 9.59 Å². The second-order valence-electron chi connectivity index (χ2n) is 8.14. The highest BCUT2D eigenvalue weighted by atomic mass is 16.2. The summed E-state index contributed by atoms with van der Waals surface area (Å²) in [6.07, 6.45) is 0.322. The summed E-state index contributed by atoms with van der Waals surface area (Å²) in [4.78, 5) is 34.2. The van der Waals surface area contributed by atoms with E-state index >= 15 is 0 Å².